The molecule has 0 aliphatic carbocycles. The van der Waals surface area contributed by atoms with Gasteiger partial charge in [-0.1, -0.05) is 67.4 Å². The van der Waals surface area contributed by atoms with Crippen LogP contribution in [0, 0.1) is 0 Å². The first-order valence-electron chi connectivity index (χ1n) is 19.2. The molecule has 0 aliphatic heterocycles. The molecule has 0 saturated carbocycles. The molecule has 300 valence electrons. The van der Waals surface area contributed by atoms with Gasteiger partial charge in [0.25, 0.3) is 0 Å². The molecule has 0 aliphatic rings. The SMILES string of the molecule is COc1ccc(C[C@@H](C)NC[C@H](O)c2ccc(O)c(NC=O)c2)cc1.OCc1cc(C(O)CNCCCCCCOCCCCc2ccccc2)ccc1O. The molecular weight excluding hydrogens is 698 g/mol. The normalized spacial score (nSPS) is 12.6. The molecule has 4 rings (SSSR count). The van der Waals surface area contributed by atoms with Crippen molar-refractivity contribution in [2.24, 2.45) is 0 Å². The number of amides is 1. The van der Waals surface area contributed by atoms with Gasteiger partial charge in [0.15, 0.2) is 0 Å². The van der Waals surface area contributed by atoms with Crippen LogP contribution in [-0.4, -0.2) is 77.9 Å². The van der Waals surface area contributed by atoms with Crippen LogP contribution in [0.5, 0.6) is 17.2 Å². The van der Waals surface area contributed by atoms with Crippen molar-refractivity contribution in [3.8, 4) is 17.2 Å². The Bertz CT molecular complexity index is 1620. The average molecular weight is 760 g/mol. The number of phenols is 2. The summed E-state index contributed by atoms with van der Waals surface area (Å²) in [5.41, 5.74) is 4.60. The zero-order chi connectivity index (χ0) is 39.7. The second kappa shape index (κ2) is 26.3. The van der Waals surface area contributed by atoms with Gasteiger partial charge in [-0.3, -0.25) is 4.79 Å². The number of carbonyl (C=O) groups is 1. The standard InChI is InChI=1S/C25H37NO4.C19H24N2O4/c27-20-23-18-22(13-14-24(23)28)25(29)19-26-15-7-1-2-8-16-30-17-9-6-12-21-10-4-3-5-11-21;1-13(9-14-3-6-16(25-2)7-4-14)20-11-19(24)15-5-8-18(23)17(10-15)21-12-22/h3-5,10-11,13-14,18,25-29H,1-2,6-9,12,15-17,19-20H2;3-8,10,12-13,19-20,23-24H,9,11H2,1-2H3,(H,21,22)/t;13-,19+/m.1/s1. The van der Waals surface area contributed by atoms with E-state index in [0.717, 1.165) is 70.5 Å². The Morgan fingerprint density at radius 1 is 0.727 bits per heavy atom. The van der Waals surface area contributed by atoms with Crippen molar-refractivity contribution in [3.05, 3.63) is 119 Å². The molecule has 0 heterocycles. The second-order valence-corrected chi connectivity index (χ2v) is 13.7. The summed E-state index contributed by atoms with van der Waals surface area (Å²) in [4.78, 5) is 10.5. The van der Waals surface area contributed by atoms with E-state index in [2.05, 4.69) is 46.3 Å². The first-order valence-corrected chi connectivity index (χ1v) is 19.2. The maximum absolute atomic E-state index is 10.5. The fourth-order valence-electron chi connectivity index (χ4n) is 5.94. The maximum Gasteiger partial charge on any atom is 0.211 e. The summed E-state index contributed by atoms with van der Waals surface area (Å²) in [7, 11) is 1.64. The number of aliphatic hydroxyl groups excluding tert-OH is 3. The molecule has 55 heavy (non-hydrogen) atoms. The van der Waals surface area contributed by atoms with Crippen molar-refractivity contribution in [2.75, 3.05) is 45.3 Å². The quantitative estimate of drug-likeness (QED) is 0.0217. The van der Waals surface area contributed by atoms with Crippen LogP contribution in [-0.2, 0) is 29.0 Å². The number of methoxy groups -OCH3 is 1. The van der Waals surface area contributed by atoms with E-state index in [4.69, 9.17) is 9.47 Å². The summed E-state index contributed by atoms with van der Waals surface area (Å²) in [6.45, 7) is 5.18. The smallest absolute Gasteiger partial charge is 0.211 e. The molecule has 3 atom stereocenters. The number of ether oxygens (including phenoxy) is 2. The summed E-state index contributed by atoms with van der Waals surface area (Å²) >= 11 is 0. The Morgan fingerprint density at radius 3 is 2.07 bits per heavy atom. The molecule has 0 bridgehead atoms. The summed E-state index contributed by atoms with van der Waals surface area (Å²) in [6.07, 6.45) is 7.80. The van der Waals surface area contributed by atoms with Gasteiger partial charge in [0, 0.05) is 37.9 Å². The Kier molecular flexibility index (Phi) is 21.5. The van der Waals surface area contributed by atoms with Gasteiger partial charge >= 0.3 is 0 Å². The minimum Gasteiger partial charge on any atom is -0.508 e. The van der Waals surface area contributed by atoms with Crippen LogP contribution in [0.3, 0.4) is 0 Å². The number of aryl methyl sites for hydroxylation is 1. The summed E-state index contributed by atoms with van der Waals surface area (Å²) < 4.78 is 10.9. The number of benzene rings is 4. The van der Waals surface area contributed by atoms with Crippen molar-refractivity contribution < 1.29 is 39.8 Å². The predicted molar refractivity (Wildman–Crippen MR) is 217 cm³/mol. The third-order valence-electron chi connectivity index (χ3n) is 9.22. The Morgan fingerprint density at radius 2 is 1.38 bits per heavy atom. The molecular formula is C44H61N3O8. The summed E-state index contributed by atoms with van der Waals surface area (Å²) in [5.74, 6) is 0.841. The Hall–Kier alpha value is -4.49. The van der Waals surface area contributed by atoms with E-state index in [1.165, 1.54) is 29.7 Å². The zero-order valence-electron chi connectivity index (χ0n) is 32.3. The number of aromatic hydroxyl groups is 2. The van der Waals surface area contributed by atoms with E-state index < -0.39 is 12.2 Å². The van der Waals surface area contributed by atoms with Gasteiger partial charge in [-0.25, -0.2) is 0 Å². The third kappa shape index (κ3) is 17.7. The summed E-state index contributed by atoms with van der Waals surface area (Å²) in [6, 6.07) is 28.1. The van der Waals surface area contributed by atoms with Gasteiger partial charge in [-0.05, 0) is 111 Å². The molecule has 4 aromatic rings. The van der Waals surface area contributed by atoms with Crippen LogP contribution in [0.2, 0.25) is 0 Å². The number of phenolic OH excluding ortho intramolecular Hbond substituents is 1. The van der Waals surface area contributed by atoms with E-state index in [1.54, 1.807) is 31.4 Å². The van der Waals surface area contributed by atoms with Gasteiger partial charge in [0.05, 0.1) is 31.6 Å². The minimum absolute atomic E-state index is 0.0381. The van der Waals surface area contributed by atoms with Crippen LogP contribution in [0.1, 0.15) is 85.5 Å². The molecule has 11 nitrogen and oxygen atoms in total. The zero-order valence-corrected chi connectivity index (χ0v) is 32.3. The number of carbonyl (C=O) groups excluding carboxylic acids is 1. The molecule has 0 saturated heterocycles. The first kappa shape index (κ1) is 44.9. The third-order valence-corrected chi connectivity index (χ3v) is 9.22. The number of nitrogens with one attached hydrogen (secondary N) is 3. The highest BCUT2D eigenvalue weighted by molar-refractivity contribution is 5.75. The van der Waals surface area contributed by atoms with Crippen LogP contribution in [0.25, 0.3) is 0 Å². The van der Waals surface area contributed by atoms with E-state index in [9.17, 15) is 30.3 Å². The van der Waals surface area contributed by atoms with Gasteiger partial charge in [-0.2, -0.15) is 0 Å². The Labute approximate surface area is 326 Å². The van der Waals surface area contributed by atoms with Crippen molar-refractivity contribution >= 4 is 12.1 Å². The number of rotatable bonds is 25. The van der Waals surface area contributed by atoms with Crippen LogP contribution >= 0.6 is 0 Å². The predicted octanol–water partition coefficient (Wildman–Crippen LogP) is 6.33. The van der Waals surface area contributed by atoms with E-state index in [-0.39, 0.29) is 29.8 Å². The molecule has 1 amide bonds. The van der Waals surface area contributed by atoms with E-state index >= 15 is 0 Å². The van der Waals surface area contributed by atoms with Crippen molar-refractivity contribution in [3.63, 3.8) is 0 Å². The van der Waals surface area contributed by atoms with E-state index in [0.29, 0.717) is 36.2 Å². The van der Waals surface area contributed by atoms with Gasteiger partial charge < -0.3 is 51.0 Å². The highest BCUT2D eigenvalue weighted by atomic mass is 16.5. The van der Waals surface area contributed by atoms with Crippen molar-refractivity contribution in [1.29, 1.82) is 0 Å². The monoisotopic (exact) mass is 759 g/mol. The number of hydrogen-bond donors (Lipinski definition) is 8. The first-order chi connectivity index (χ1) is 26.7. The number of hydrogen-bond acceptors (Lipinski definition) is 10. The lowest BCUT2D eigenvalue weighted by Gasteiger charge is -2.18. The van der Waals surface area contributed by atoms with Crippen molar-refractivity contribution in [1.82, 2.24) is 10.6 Å². The molecule has 0 radical (unpaired) electrons. The summed E-state index contributed by atoms with van der Waals surface area (Å²) in [5, 5.41) is 57.9. The molecule has 0 fully saturated rings. The van der Waals surface area contributed by atoms with Crippen LogP contribution in [0.15, 0.2) is 91.0 Å². The van der Waals surface area contributed by atoms with E-state index in [1.807, 2.05) is 31.2 Å². The highest BCUT2D eigenvalue weighted by Gasteiger charge is 2.13. The number of anilines is 1. The fraction of sp³-hybridized carbons (Fsp3) is 0.432. The molecule has 0 aromatic heterocycles. The fourth-order valence-corrected chi connectivity index (χ4v) is 5.94. The average Bonchev–Trinajstić information content (AvgIpc) is 3.20. The van der Waals surface area contributed by atoms with Gasteiger partial charge in [0.1, 0.15) is 17.2 Å². The topological polar surface area (TPSA) is 173 Å². The highest BCUT2D eigenvalue weighted by Crippen LogP contribution is 2.27. The van der Waals surface area contributed by atoms with Crippen molar-refractivity contribution in [2.45, 2.75) is 83.1 Å². The molecule has 1 unspecified atom stereocenters. The van der Waals surface area contributed by atoms with Crippen LogP contribution < -0.4 is 20.7 Å². The minimum atomic E-state index is -0.744. The Balaban J connectivity index is 0.000000300. The molecule has 11 heteroatoms. The number of aliphatic hydroxyl groups is 3. The largest absolute Gasteiger partial charge is 0.508 e. The second-order valence-electron chi connectivity index (χ2n) is 13.7. The molecule has 4 aromatic carbocycles. The molecule has 0 spiro atoms. The van der Waals surface area contributed by atoms with Gasteiger partial charge in [0.2, 0.25) is 6.41 Å². The van der Waals surface area contributed by atoms with Gasteiger partial charge in [-0.15, -0.1) is 0 Å². The van der Waals surface area contributed by atoms with Crippen LogP contribution in [0.4, 0.5) is 5.69 Å². The lowest BCUT2D eigenvalue weighted by Crippen LogP contribution is -2.32. The molecule has 8 N–H and O–H groups in total. The number of unbranched alkanes of at least 4 members (excludes halogenated alkanes) is 4. The maximum atomic E-state index is 10.5. The lowest BCUT2D eigenvalue weighted by molar-refractivity contribution is -0.105. The lowest BCUT2D eigenvalue weighted by atomic mass is 10.1.